The number of nitrogens with zero attached hydrogens (tertiary/aromatic N) is 3. The summed E-state index contributed by atoms with van der Waals surface area (Å²) >= 11 is 0. The van der Waals surface area contributed by atoms with Crippen molar-refractivity contribution in [1.82, 2.24) is 20.4 Å². The highest BCUT2D eigenvalue weighted by Crippen LogP contribution is 2.20. The lowest BCUT2D eigenvalue weighted by Gasteiger charge is -2.41. The highest BCUT2D eigenvalue weighted by atomic mass is 16.2. The first-order chi connectivity index (χ1) is 12.4. The van der Waals surface area contributed by atoms with E-state index in [1.165, 1.54) is 64.5 Å². The lowest BCUT2D eigenvalue weighted by atomic mass is 9.95. The number of hydrogen-bond donors (Lipinski definition) is 2. The Bertz CT molecular complexity index is 463. The number of piperidine rings is 1. The number of rotatable bonds is 6. The molecule has 0 aromatic rings. The van der Waals surface area contributed by atoms with E-state index < -0.39 is 0 Å². The van der Waals surface area contributed by atoms with Crippen molar-refractivity contribution in [3.63, 3.8) is 0 Å². The van der Waals surface area contributed by atoms with Crippen molar-refractivity contribution in [1.29, 1.82) is 0 Å². The van der Waals surface area contributed by atoms with Gasteiger partial charge >= 0.3 is 0 Å². The molecule has 0 radical (unpaired) electrons. The van der Waals surface area contributed by atoms with E-state index in [9.17, 15) is 4.79 Å². The highest BCUT2D eigenvalue weighted by molar-refractivity contribution is 5.85. The average Bonchev–Trinajstić information content (AvgIpc) is 2.65. The van der Waals surface area contributed by atoms with Gasteiger partial charge in [0.15, 0.2) is 5.96 Å². The minimum Gasteiger partial charge on any atom is -0.355 e. The summed E-state index contributed by atoms with van der Waals surface area (Å²) in [6.07, 6.45) is 10.2. The Morgan fingerprint density at radius 2 is 1.69 bits per heavy atom. The van der Waals surface area contributed by atoms with Gasteiger partial charge in [-0.25, -0.2) is 4.99 Å². The topological polar surface area (TPSA) is 60.0 Å². The predicted octanol–water partition coefficient (Wildman–Crippen LogP) is 2.21. The third kappa shape index (κ3) is 6.78. The third-order valence-corrected chi connectivity index (χ3v) is 5.72. The summed E-state index contributed by atoms with van der Waals surface area (Å²) < 4.78 is 0. The number of likely N-dealkylation sites (N-methyl/N-ethyl adjacent to an activating group) is 1. The van der Waals surface area contributed by atoms with E-state index in [0.29, 0.717) is 6.04 Å². The first-order valence-electron chi connectivity index (χ1n) is 10.4. The smallest absolute Gasteiger partial charge is 0.243 e. The van der Waals surface area contributed by atoms with Crippen molar-refractivity contribution in [3.05, 3.63) is 0 Å². The van der Waals surface area contributed by atoms with E-state index in [1.807, 2.05) is 0 Å². The molecule has 1 saturated carbocycles. The lowest BCUT2D eigenvalue weighted by Crippen LogP contribution is -2.55. The van der Waals surface area contributed by atoms with Gasteiger partial charge in [-0.2, -0.15) is 0 Å². The molecule has 1 amide bonds. The number of aliphatic imine (C=N–C) groups is 1. The van der Waals surface area contributed by atoms with Gasteiger partial charge in [0.25, 0.3) is 0 Å². The van der Waals surface area contributed by atoms with Crippen LogP contribution in [0, 0.1) is 0 Å². The molecule has 0 spiro atoms. The molecule has 26 heavy (non-hydrogen) atoms. The lowest BCUT2D eigenvalue weighted by molar-refractivity contribution is -0.127. The molecule has 2 aliphatic rings. The van der Waals surface area contributed by atoms with Crippen molar-refractivity contribution in [2.75, 3.05) is 40.3 Å². The summed E-state index contributed by atoms with van der Waals surface area (Å²) in [7, 11) is 3.55. The fourth-order valence-electron chi connectivity index (χ4n) is 3.79. The third-order valence-electron chi connectivity index (χ3n) is 5.72. The second-order valence-electron chi connectivity index (χ2n) is 8.65. The molecule has 6 heteroatoms. The van der Waals surface area contributed by atoms with Gasteiger partial charge in [0.1, 0.15) is 6.54 Å². The number of amides is 1. The van der Waals surface area contributed by atoms with Crippen molar-refractivity contribution in [2.24, 2.45) is 4.99 Å². The Morgan fingerprint density at radius 1 is 1.08 bits per heavy atom. The quantitative estimate of drug-likeness (QED) is 0.560. The van der Waals surface area contributed by atoms with Gasteiger partial charge in [0, 0.05) is 32.2 Å². The average molecular weight is 366 g/mol. The summed E-state index contributed by atoms with van der Waals surface area (Å²) in [6, 6.07) is 0.475. The van der Waals surface area contributed by atoms with Crippen LogP contribution in [0.5, 0.6) is 0 Å². The summed E-state index contributed by atoms with van der Waals surface area (Å²) in [6.45, 7) is 7.98. The largest absolute Gasteiger partial charge is 0.355 e. The number of likely N-dealkylation sites (tertiary alicyclic amines) is 1. The summed E-state index contributed by atoms with van der Waals surface area (Å²) in [5, 5.41) is 7.10. The molecule has 0 atom stereocenters. The van der Waals surface area contributed by atoms with Gasteiger partial charge in [-0.1, -0.05) is 25.7 Å². The van der Waals surface area contributed by atoms with Crippen LogP contribution in [0.1, 0.15) is 65.2 Å². The van der Waals surface area contributed by atoms with Crippen LogP contribution in [-0.4, -0.2) is 73.5 Å². The predicted molar refractivity (Wildman–Crippen MR) is 109 cm³/mol. The highest BCUT2D eigenvalue weighted by Gasteiger charge is 2.28. The second kappa shape index (κ2) is 10.1. The van der Waals surface area contributed by atoms with Crippen LogP contribution in [0.2, 0.25) is 0 Å². The molecule has 0 aromatic heterocycles. The molecule has 150 valence electrons. The van der Waals surface area contributed by atoms with E-state index in [4.69, 9.17) is 0 Å². The van der Waals surface area contributed by atoms with E-state index in [1.54, 1.807) is 19.0 Å². The SMILES string of the molecule is CN(C)C(=O)CN=C(NCC(C)(C)N1CCCCC1)NC1CCCCC1. The maximum atomic E-state index is 11.9. The minimum atomic E-state index is 0.0324. The molecule has 6 nitrogen and oxygen atoms in total. The zero-order valence-electron chi connectivity index (χ0n) is 17.3. The van der Waals surface area contributed by atoms with Crippen LogP contribution in [0.15, 0.2) is 4.99 Å². The van der Waals surface area contributed by atoms with Gasteiger partial charge in [0.05, 0.1) is 0 Å². The van der Waals surface area contributed by atoms with Crippen LogP contribution in [0.4, 0.5) is 0 Å². The molecular formula is C20H39N5O. The van der Waals surface area contributed by atoms with Crippen molar-refractivity contribution in [3.8, 4) is 0 Å². The van der Waals surface area contributed by atoms with E-state index in [2.05, 4.69) is 34.4 Å². The van der Waals surface area contributed by atoms with Crippen LogP contribution in [-0.2, 0) is 4.79 Å². The number of carbonyl (C=O) groups excluding carboxylic acids is 1. The maximum absolute atomic E-state index is 11.9. The summed E-state index contributed by atoms with van der Waals surface area (Å²) in [4.78, 5) is 20.7. The Balaban J connectivity index is 1.94. The van der Waals surface area contributed by atoms with Crippen molar-refractivity contribution < 1.29 is 4.79 Å². The Kier molecular flexibility index (Phi) is 8.19. The van der Waals surface area contributed by atoms with Crippen LogP contribution in [0.25, 0.3) is 0 Å². The molecule has 1 heterocycles. The van der Waals surface area contributed by atoms with Crippen LogP contribution >= 0.6 is 0 Å². The molecule has 1 aliphatic carbocycles. The van der Waals surface area contributed by atoms with Gasteiger partial charge in [-0.05, 0) is 52.6 Å². The van der Waals surface area contributed by atoms with Crippen LogP contribution < -0.4 is 10.6 Å². The Labute approximate surface area is 159 Å². The van der Waals surface area contributed by atoms with Crippen molar-refractivity contribution in [2.45, 2.75) is 76.8 Å². The van der Waals surface area contributed by atoms with Crippen LogP contribution in [0.3, 0.4) is 0 Å². The maximum Gasteiger partial charge on any atom is 0.243 e. The number of guanidine groups is 1. The van der Waals surface area contributed by atoms with Gasteiger partial charge in [-0.3, -0.25) is 9.69 Å². The molecule has 0 bridgehead atoms. The minimum absolute atomic E-state index is 0.0324. The molecule has 2 fully saturated rings. The monoisotopic (exact) mass is 365 g/mol. The van der Waals surface area contributed by atoms with Gasteiger partial charge in [-0.15, -0.1) is 0 Å². The zero-order chi connectivity index (χ0) is 19.0. The molecule has 1 aliphatic heterocycles. The summed E-state index contributed by atoms with van der Waals surface area (Å²) in [5.41, 5.74) is 0.0843. The molecule has 1 saturated heterocycles. The fraction of sp³-hybridized carbons (Fsp3) is 0.900. The number of nitrogens with one attached hydrogen (secondary N) is 2. The second-order valence-corrected chi connectivity index (χ2v) is 8.65. The zero-order valence-corrected chi connectivity index (χ0v) is 17.3. The molecule has 0 aromatic carbocycles. The van der Waals surface area contributed by atoms with Gasteiger partial charge < -0.3 is 15.5 Å². The Hall–Kier alpha value is -1.30. The van der Waals surface area contributed by atoms with Gasteiger partial charge in [0.2, 0.25) is 5.91 Å². The molecular weight excluding hydrogens is 326 g/mol. The molecule has 2 rings (SSSR count). The van der Waals surface area contributed by atoms with E-state index >= 15 is 0 Å². The molecule has 0 unspecified atom stereocenters. The normalized spacial score (nSPS) is 20.7. The van der Waals surface area contributed by atoms with Crippen molar-refractivity contribution >= 4 is 11.9 Å². The Morgan fingerprint density at radius 3 is 2.31 bits per heavy atom. The number of carbonyl (C=O) groups is 1. The first kappa shape index (κ1) is 21.0. The van der Waals surface area contributed by atoms with E-state index in [0.717, 1.165) is 12.5 Å². The number of hydrogen-bond acceptors (Lipinski definition) is 3. The summed E-state index contributed by atoms with van der Waals surface area (Å²) in [5.74, 6) is 0.821. The standard InChI is InChI=1S/C20H39N5O/c1-20(2,25-13-9-6-10-14-25)16-22-19(21-15-18(26)24(3)4)23-17-11-7-5-8-12-17/h17H,5-16H2,1-4H3,(H2,21,22,23). The first-order valence-corrected chi connectivity index (χ1v) is 10.4. The fourth-order valence-corrected chi connectivity index (χ4v) is 3.79. The molecule has 2 N–H and O–H groups in total. The van der Waals surface area contributed by atoms with E-state index in [-0.39, 0.29) is 18.0 Å².